The van der Waals surface area contributed by atoms with Crippen LogP contribution in [0, 0.1) is 6.92 Å². The summed E-state index contributed by atoms with van der Waals surface area (Å²) in [6.07, 6.45) is 0. The first-order valence-electron chi connectivity index (χ1n) is 6.22. The lowest BCUT2D eigenvalue weighted by atomic mass is 10.2. The molecule has 0 saturated heterocycles. The number of hydrogen-bond donors (Lipinski definition) is 3. The number of hydrogen-bond acceptors (Lipinski definition) is 4. The highest BCUT2D eigenvalue weighted by molar-refractivity contribution is 7.86. The first-order valence-corrected chi connectivity index (χ1v) is 7.43. The minimum absolute atomic E-state index is 0.376. The summed E-state index contributed by atoms with van der Waals surface area (Å²) in [4.78, 5) is 23.5. The zero-order valence-electron chi connectivity index (χ0n) is 11.7. The molecular formula is C13H19N3O3S. The third kappa shape index (κ3) is 4.06. The van der Waals surface area contributed by atoms with Gasteiger partial charge >= 0.3 is 6.03 Å². The SMILES string of the molecule is CCNC(=O)NC(=O)C(C)S(=O)c1ccc(C)cc1N. The summed E-state index contributed by atoms with van der Waals surface area (Å²) in [5.74, 6) is -0.603. The van der Waals surface area contributed by atoms with E-state index in [9.17, 15) is 13.8 Å². The van der Waals surface area contributed by atoms with Crippen molar-refractivity contribution in [3.8, 4) is 0 Å². The average molecular weight is 297 g/mol. The van der Waals surface area contributed by atoms with Crippen LogP contribution in [0.4, 0.5) is 10.5 Å². The van der Waals surface area contributed by atoms with Crippen molar-refractivity contribution in [3.63, 3.8) is 0 Å². The van der Waals surface area contributed by atoms with Gasteiger partial charge in [-0.15, -0.1) is 0 Å². The zero-order valence-corrected chi connectivity index (χ0v) is 12.5. The highest BCUT2D eigenvalue weighted by Gasteiger charge is 2.24. The summed E-state index contributed by atoms with van der Waals surface area (Å²) in [5.41, 5.74) is 7.13. The number of anilines is 1. The molecule has 0 fully saturated rings. The van der Waals surface area contributed by atoms with E-state index in [4.69, 9.17) is 5.73 Å². The summed E-state index contributed by atoms with van der Waals surface area (Å²) in [6, 6.07) is 4.51. The molecule has 20 heavy (non-hydrogen) atoms. The fourth-order valence-corrected chi connectivity index (χ4v) is 2.68. The van der Waals surface area contributed by atoms with Crippen LogP contribution in [0.1, 0.15) is 19.4 Å². The van der Waals surface area contributed by atoms with Gasteiger partial charge in [-0.05, 0) is 38.5 Å². The second-order valence-corrected chi connectivity index (χ2v) is 6.07. The van der Waals surface area contributed by atoms with Crippen LogP contribution in [-0.2, 0) is 15.6 Å². The third-order valence-corrected chi connectivity index (χ3v) is 4.31. The number of nitrogens with two attached hydrogens (primary N) is 1. The van der Waals surface area contributed by atoms with Crippen LogP contribution >= 0.6 is 0 Å². The van der Waals surface area contributed by atoms with Gasteiger partial charge in [-0.3, -0.25) is 14.3 Å². The monoisotopic (exact) mass is 297 g/mol. The van der Waals surface area contributed by atoms with Crippen molar-refractivity contribution in [2.24, 2.45) is 0 Å². The van der Waals surface area contributed by atoms with Crippen LogP contribution < -0.4 is 16.4 Å². The topological polar surface area (TPSA) is 101 Å². The molecule has 1 rings (SSSR count). The lowest BCUT2D eigenvalue weighted by Crippen LogP contribution is -2.44. The second-order valence-electron chi connectivity index (χ2n) is 4.33. The Morgan fingerprint density at radius 1 is 1.40 bits per heavy atom. The van der Waals surface area contributed by atoms with Crippen molar-refractivity contribution in [3.05, 3.63) is 23.8 Å². The van der Waals surface area contributed by atoms with Crippen LogP contribution in [0.25, 0.3) is 0 Å². The molecule has 0 bridgehead atoms. The summed E-state index contributed by atoms with van der Waals surface area (Å²) in [7, 11) is -1.62. The Labute approximate surface area is 120 Å². The van der Waals surface area contributed by atoms with E-state index in [1.807, 2.05) is 6.92 Å². The molecule has 0 spiro atoms. The number of carbonyl (C=O) groups is 2. The third-order valence-electron chi connectivity index (χ3n) is 2.65. The Bertz CT molecular complexity index is 546. The van der Waals surface area contributed by atoms with Gasteiger partial charge in [-0.25, -0.2) is 4.79 Å². The minimum Gasteiger partial charge on any atom is -0.398 e. The normalized spacial score (nSPS) is 13.3. The van der Waals surface area contributed by atoms with Gasteiger partial charge in [0.15, 0.2) is 0 Å². The van der Waals surface area contributed by atoms with E-state index in [-0.39, 0.29) is 0 Å². The summed E-state index contributed by atoms with van der Waals surface area (Å²) < 4.78 is 12.3. The van der Waals surface area contributed by atoms with Gasteiger partial charge in [0.05, 0.1) is 15.7 Å². The number of aryl methyl sites for hydroxylation is 1. The molecule has 0 aliphatic heterocycles. The van der Waals surface area contributed by atoms with Gasteiger partial charge in [0, 0.05) is 12.2 Å². The Morgan fingerprint density at radius 2 is 2.05 bits per heavy atom. The zero-order chi connectivity index (χ0) is 15.3. The van der Waals surface area contributed by atoms with E-state index in [0.717, 1.165) is 5.56 Å². The van der Waals surface area contributed by atoms with Gasteiger partial charge in [-0.2, -0.15) is 0 Å². The van der Waals surface area contributed by atoms with Gasteiger partial charge in [0.1, 0.15) is 5.25 Å². The van der Waals surface area contributed by atoms with E-state index in [1.165, 1.54) is 6.92 Å². The lowest BCUT2D eigenvalue weighted by molar-refractivity contribution is -0.119. The van der Waals surface area contributed by atoms with Crippen molar-refractivity contribution >= 4 is 28.4 Å². The quantitative estimate of drug-likeness (QED) is 0.719. The lowest BCUT2D eigenvalue weighted by Gasteiger charge is -2.13. The largest absolute Gasteiger partial charge is 0.398 e. The standard InChI is InChI=1S/C13H19N3O3S/c1-4-15-13(18)16-12(17)9(3)20(19)11-6-5-8(2)7-10(11)14/h5-7,9H,4,14H2,1-3H3,(H2,15,16,17,18). The van der Waals surface area contributed by atoms with Crippen molar-refractivity contribution < 1.29 is 13.8 Å². The molecular weight excluding hydrogens is 278 g/mol. The van der Waals surface area contributed by atoms with E-state index in [0.29, 0.717) is 17.1 Å². The number of amides is 3. The fraction of sp³-hybridized carbons (Fsp3) is 0.385. The summed E-state index contributed by atoms with van der Waals surface area (Å²) in [6.45, 7) is 5.50. The minimum atomic E-state index is -1.62. The number of nitrogens with one attached hydrogen (secondary N) is 2. The Morgan fingerprint density at radius 3 is 2.60 bits per heavy atom. The van der Waals surface area contributed by atoms with Gasteiger partial charge in [0.25, 0.3) is 0 Å². The molecule has 2 unspecified atom stereocenters. The van der Waals surface area contributed by atoms with E-state index in [2.05, 4.69) is 10.6 Å². The maximum absolute atomic E-state index is 12.3. The van der Waals surface area contributed by atoms with E-state index >= 15 is 0 Å². The van der Waals surface area contributed by atoms with Crippen molar-refractivity contribution in [1.29, 1.82) is 0 Å². The molecule has 6 nitrogen and oxygen atoms in total. The van der Waals surface area contributed by atoms with Crippen LogP contribution in [0.3, 0.4) is 0 Å². The van der Waals surface area contributed by atoms with Crippen molar-refractivity contribution in [2.75, 3.05) is 12.3 Å². The molecule has 0 radical (unpaired) electrons. The van der Waals surface area contributed by atoms with Crippen molar-refractivity contribution in [2.45, 2.75) is 30.9 Å². The number of carbonyl (C=O) groups excluding carboxylic acids is 2. The Balaban J connectivity index is 2.80. The molecule has 1 aromatic carbocycles. The number of urea groups is 1. The summed E-state index contributed by atoms with van der Waals surface area (Å²) >= 11 is 0. The van der Waals surface area contributed by atoms with Crippen LogP contribution in [-0.4, -0.2) is 27.9 Å². The number of benzene rings is 1. The predicted octanol–water partition coefficient (Wildman–Crippen LogP) is 0.919. The van der Waals surface area contributed by atoms with Crippen LogP contribution in [0.5, 0.6) is 0 Å². The van der Waals surface area contributed by atoms with Gasteiger partial charge < -0.3 is 11.1 Å². The van der Waals surface area contributed by atoms with Crippen molar-refractivity contribution in [1.82, 2.24) is 10.6 Å². The summed E-state index contributed by atoms with van der Waals surface area (Å²) in [5, 5.41) is 3.70. The molecule has 3 amide bonds. The molecule has 7 heteroatoms. The van der Waals surface area contributed by atoms with Gasteiger partial charge in [0.2, 0.25) is 5.91 Å². The fourth-order valence-electron chi connectivity index (χ4n) is 1.56. The maximum atomic E-state index is 12.3. The molecule has 0 aliphatic rings. The number of rotatable bonds is 4. The highest BCUT2D eigenvalue weighted by atomic mass is 32.2. The number of nitrogen functional groups attached to an aromatic ring is 1. The van der Waals surface area contributed by atoms with E-state index < -0.39 is 28.0 Å². The highest BCUT2D eigenvalue weighted by Crippen LogP contribution is 2.20. The molecule has 1 aromatic rings. The molecule has 0 aliphatic carbocycles. The Hall–Kier alpha value is -1.89. The second kappa shape index (κ2) is 7.04. The van der Waals surface area contributed by atoms with Gasteiger partial charge in [-0.1, -0.05) is 6.07 Å². The first kappa shape index (κ1) is 16.2. The van der Waals surface area contributed by atoms with E-state index in [1.54, 1.807) is 25.1 Å². The molecule has 4 N–H and O–H groups in total. The van der Waals surface area contributed by atoms with Crippen LogP contribution in [0.15, 0.2) is 23.1 Å². The first-order chi connectivity index (χ1) is 9.36. The number of imide groups is 1. The molecule has 2 atom stereocenters. The molecule has 0 heterocycles. The average Bonchev–Trinajstić information content (AvgIpc) is 2.37. The smallest absolute Gasteiger partial charge is 0.321 e. The predicted molar refractivity (Wildman–Crippen MR) is 78.7 cm³/mol. The molecule has 110 valence electrons. The Kier molecular flexibility index (Phi) is 5.69. The molecule has 0 saturated carbocycles. The molecule has 0 aromatic heterocycles. The van der Waals surface area contributed by atoms with Crippen LogP contribution in [0.2, 0.25) is 0 Å². The maximum Gasteiger partial charge on any atom is 0.321 e.